The van der Waals surface area contributed by atoms with Crippen molar-refractivity contribution in [3.05, 3.63) is 70.4 Å². The molecule has 1 atom stereocenters. The third-order valence-electron chi connectivity index (χ3n) is 5.17. The lowest BCUT2D eigenvalue weighted by molar-refractivity contribution is -0.146. The molecule has 0 fully saturated rings. The number of methoxy groups -OCH3 is 1. The number of carboxylic acid groups (broad SMARTS) is 1. The van der Waals surface area contributed by atoms with Crippen molar-refractivity contribution in [2.75, 3.05) is 7.11 Å². The Morgan fingerprint density at radius 2 is 1.91 bits per heavy atom. The van der Waals surface area contributed by atoms with Gasteiger partial charge in [-0.1, -0.05) is 12.1 Å². The van der Waals surface area contributed by atoms with Gasteiger partial charge in [-0.25, -0.2) is 4.39 Å². The molecule has 9 heteroatoms. The van der Waals surface area contributed by atoms with E-state index in [0.29, 0.717) is 23.5 Å². The molecule has 0 aliphatic rings. The molecular weight excluding hydrogens is 460 g/mol. The summed E-state index contributed by atoms with van der Waals surface area (Å²) in [4.78, 5) is 10.9. The van der Waals surface area contributed by atoms with Crippen LogP contribution in [0.1, 0.15) is 36.0 Å². The molecule has 0 saturated carbocycles. The van der Waals surface area contributed by atoms with Gasteiger partial charge in [0.05, 0.1) is 13.0 Å². The highest BCUT2D eigenvalue weighted by Crippen LogP contribution is 2.45. The predicted molar refractivity (Wildman–Crippen MR) is 117 cm³/mol. The summed E-state index contributed by atoms with van der Waals surface area (Å²) in [6.07, 6.45) is -4.27. The molecule has 0 aliphatic carbocycles. The van der Waals surface area contributed by atoms with E-state index in [1.165, 1.54) is 19.2 Å². The summed E-state index contributed by atoms with van der Waals surface area (Å²) in [7, 11) is 1.40. The maximum absolute atomic E-state index is 14.6. The molecule has 1 N–H and O–H groups in total. The molecule has 0 saturated heterocycles. The molecule has 176 valence electrons. The van der Waals surface area contributed by atoms with Crippen molar-refractivity contribution in [1.82, 2.24) is 0 Å². The lowest BCUT2D eigenvalue weighted by atomic mass is 9.94. The fourth-order valence-corrected chi connectivity index (χ4v) is 4.54. The summed E-state index contributed by atoms with van der Waals surface area (Å²) in [5.41, 5.74) is 1.04. The highest BCUT2D eigenvalue weighted by molar-refractivity contribution is 7.14. The monoisotopic (exact) mass is 482 g/mol. The van der Waals surface area contributed by atoms with E-state index in [9.17, 15) is 22.4 Å². The first-order valence-corrected chi connectivity index (χ1v) is 10.9. The van der Waals surface area contributed by atoms with Crippen molar-refractivity contribution in [2.24, 2.45) is 0 Å². The summed E-state index contributed by atoms with van der Waals surface area (Å²) in [5, 5.41) is 10.4. The third-order valence-corrected chi connectivity index (χ3v) is 6.25. The lowest BCUT2D eigenvalue weighted by Gasteiger charge is -2.19. The third kappa shape index (κ3) is 6.04. The topological polar surface area (TPSA) is 55.8 Å². The van der Waals surface area contributed by atoms with Crippen LogP contribution in [0.15, 0.2) is 47.8 Å². The summed E-state index contributed by atoms with van der Waals surface area (Å²) >= 11 is 1.02. The molecule has 0 aliphatic heterocycles. The van der Waals surface area contributed by atoms with Gasteiger partial charge in [-0.15, -0.1) is 11.3 Å². The molecule has 0 radical (unpaired) electrons. The van der Waals surface area contributed by atoms with Crippen LogP contribution in [-0.2, 0) is 17.8 Å². The Labute approximate surface area is 192 Å². The average molecular weight is 482 g/mol. The van der Waals surface area contributed by atoms with Crippen molar-refractivity contribution < 1.29 is 36.9 Å². The van der Waals surface area contributed by atoms with Crippen LogP contribution in [0.25, 0.3) is 10.4 Å². The maximum Gasteiger partial charge on any atom is 0.395 e. The van der Waals surface area contributed by atoms with E-state index in [4.69, 9.17) is 14.6 Å². The highest BCUT2D eigenvalue weighted by Gasteiger charge is 2.40. The molecule has 33 heavy (non-hydrogen) atoms. The van der Waals surface area contributed by atoms with Crippen LogP contribution in [0.3, 0.4) is 0 Å². The quantitative estimate of drug-likeness (QED) is 0.340. The second-order valence-electron chi connectivity index (χ2n) is 7.44. The number of carboxylic acids is 1. The van der Waals surface area contributed by atoms with Crippen molar-refractivity contribution in [2.45, 2.75) is 38.5 Å². The van der Waals surface area contributed by atoms with Gasteiger partial charge in [-0.05, 0) is 60.2 Å². The second-order valence-corrected chi connectivity index (χ2v) is 8.32. The van der Waals surface area contributed by atoms with E-state index in [0.717, 1.165) is 29.9 Å². The van der Waals surface area contributed by atoms with Crippen molar-refractivity contribution in [3.63, 3.8) is 0 Å². The molecular formula is C24H22F4O4S. The second kappa shape index (κ2) is 10.2. The lowest BCUT2D eigenvalue weighted by Crippen LogP contribution is -2.19. The molecule has 4 nitrogen and oxygen atoms in total. The number of thiophene rings is 1. The molecule has 1 unspecified atom stereocenters. The number of hydrogen-bond donors (Lipinski definition) is 1. The van der Waals surface area contributed by atoms with Gasteiger partial charge in [0.1, 0.15) is 23.9 Å². The van der Waals surface area contributed by atoms with Crippen LogP contribution in [-0.4, -0.2) is 24.4 Å². The van der Waals surface area contributed by atoms with Gasteiger partial charge in [0.2, 0.25) is 0 Å². The maximum atomic E-state index is 14.6. The number of benzene rings is 2. The number of aryl methyl sites for hydroxylation is 1. The van der Waals surface area contributed by atoms with Crippen molar-refractivity contribution >= 4 is 17.3 Å². The number of alkyl halides is 3. The fourth-order valence-electron chi connectivity index (χ4n) is 3.37. The van der Waals surface area contributed by atoms with E-state index in [1.807, 2.05) is 0 Å². The van der Waals surface area contributed by atoms with Gasteiger partial charge in [-0.3, -0.25) is 4.79 Å². The molecule has 1 heterocycles. The molecule has 0 amide bonds. The summed E-state index contributed by atoms with van der Waals surface area (Å²) in [6.45, 7) is 0.889. The Kier molecular flexibility index (Phi) is 7.63. The Balaban J connectivity index is 1.93. The normalized spacial score (nSPS) is 12.4. The van der Waals surface area contributed by atoms with Gasteiger partial charge in [0.15, 0.2) is 0 Å². The molecule has 3 rings (SSSR count). The highest BCUT2D eigenvalue weighted by atomic mass is 32.1. The van der Waals surface area contributed by atoms with Crippen LogP contribution >= 0.6 is 11.3 Å². The van der Waals surface area contributed by atoms with Gasteiger partial charge >= 0.3 is 12.1 Å². The minimum atomic E-state index is -4.53. The zero-order valence-corrected chi connectivity index (χ0v) is 18.7. The van der Waals surface area contributed by atoms with Gasteiger partial charge in [-0.2, -0.15) is 13.2 Å². The van der Waals surface area contributed by atoms with Gasteiger partial charge < -0.3 is 14.6 Å². The predicted octanol–water partition coefficient (Wildman–Crippen LogP) is 6.82. The van der Waals surface area contributed by atoms with Crippen LogP contribution < -0.4 is 9.47 Å². The minimum Gasteiger partial charge on any atom is -0.497 e. The summed E-state index contributed by atoms with van der Waals surface area (Å²) < 4.78 is 66.5. The Morgan fingerprint density at radius 3 is 2.58 bits per heavy atom. The number of ether oxygens (including phenoxy) is 2. The zero-order chi connectivity index (χ0) is 24.2. The first kappa shape index (κ1) is 24.6. The zero-order valence-electron chi connectivity index (χ0n) is 17.9. The Morgan fingerprint density at radius 1 is 1.15 bits per heavy atom. The van der Waals surface area contributed by atoms with Gasteiger partial charge in [0.25, 0.3) is 0 Å². The molecule has 3 aromatic rings. The smallest absolute Gasteiger partial charge is 0.395 e. The van der Waals surface area contributed by atoms with Crippen LogP contribution in [0.4, 0.5) is 17.6 Å². The SMILES string of the molecule is COc1ccc(F)c(-c2scc(COc3cccc(CCC(=O)O)c3)c2C(C)C(F)(F)F)c1. The minimum absolute atomic E-state index is 0.0346. The Bertz CT molecular complexity index is 1120. The van der Waals surface area contributed by atoms with Crippen LogP contribution in [0.2, 0.25) is 0 Å². The first-order chi connectivity index (χ1) is 15.6. The van der Waals surface area contributed by atoms with E-state index >= 15 is 0 Å². The van der Waals surface area contributed by atoms with E-state index in [2.05, 4.69) is 0 Å². The van der Waals surface area contributed by atoms with E-state index in [-0.39, 0.29) is 29.0 Å². The van der Waals surface area contributed by atoms with Crippen LogP contribution in [0.5, 0.6) is 11.5 Å². The van der Waals surface area contributed by atoms with Gasteiger partial charge in [0, 0.05) is 22.4 Å². The largest absolute Gasteiger partial charge is 0.497 e. The number of aliphatic carboxylic acids is 1. The number of hydrogen-bond acceptors (Lipinski definition) is 4. The molecule has 0 spiro atoms. The number of rotatable bonds is 9. The fraction of sp³-hybridized carbons (Fsp3) is 0.292. The Hall–Kier alpha value is -3.07. The average Bonchev–Trinajstić information content (AvgIpc) is 3.19. The van der Waals surface area contributed by atoms with E-state index in [1.54, 1.807) is 29.6 Å². The molecule has 1 aromatic heterocycles. The number of halogens is 4. The molecule has 0 bridgehead atoms. The van der Waals surface area contributed by atoms with Crippen molar-refractivity contribution in [1.29, 1.82) is 0 Å². The first-order valence-electron chi connectivity index (χ1n) is 10.0. The van der Waals surface area contributed by atoms with E-state index < -0.39 is 23.9 Å². The summed E-state index contributed by atoms with van der Waals surface area (Å²) in [6, 6.07) is 10.7. The summed E-state index contributed by atoms with van der Waals surface area (Å²) in [5.74, 6) is -2.68. The van der Waals surface area contributed by atoms with Crippen LogP contribution in [0, 0.1) is 5.82 Å². The number of carbonyl (C=O) groups is 1. The van der Waals surface area contributed by atoms with Crippen molar-refractivity contribution in [3.8, 4) is 21.9 Å². The molecule has 2 aromatic carbocycles. The standard InChI is InChI=1S/C24H22F4O4S/c1-14(24(26,27)28)22-16(12-32-18-5-3-4-15(10-18)6-9-21(29)30)13-33-23(22)19-11-17(31-2)7-8-20(19)25/h3-5,7-8,10-11,13-14H,6,9,12H2,1-2H3,(H,29,30).